The summed E-state index contributed by atoms with van der Waals surface area (Å²) in [5.41, 5.74) is 4.20. The molecule has 6 nitrogen and oxygen atoms in total. The smallest absolute Gasteiger partial charge is 0.315 e. The molecule has 130 valence electrons. The fourth-order valence-corrected chi connectivity index (χ4v) is 2.95. The second-order valence-corrected chi connectivity index (χ2v) is 6.17. The third-order valence-electron chi connectivity index (χ3n) is 4.48. The van der Waals surface area contributed by atoms with E-state index in [2.05, 4.69) is 26.8 Å². The highest BCUT2D eigenvalue weighted by Crippen LogP contribution is 2.17. The van der Waals surface area contributed by atoms with Gasteiger partial charge in [-0.05, 0) is 31.9 Å². The van der Waals surface area contributed by atoms with E-state index < -0.39 is 0 Å². The summed E-state index contributed by atoms with van der Waals surface area (Å²) in [5, 5.41) is 11.2. The molecule has 3 rings (SSSR count). The van der Waals surface area contributed by atoms with Crippen LogP contribution in [0.1, 0.15) is 29.8 Å². The number of carbonyl (C=O) groups excluding carboxylic acids is 1. The summed E-state index contributed by atoms with van der Waals surface area (Å²) in [5.74, 6) is 0. The minimum atomic E-state index is -0.177. The summed E-state index contributed by atoms with van der Waals surface area (Å²) >= 11 is 0. The van der Waals surface area contributed by atoms with Crippen molar-refractivity contribution in [3.05, 3.63) is 59.5 Å². The van der Waals surface area contributed by atoms with E-state index in [0.717, 1.165) is 34.1 Å². The molecule has 0 spiro atoms. The van der Waals surface area contributed by atoms with Crippen LogP contribution in [0.2, 0.25) is 0 Å². The molecule has 0 fully saturated rings. The van der Waals surface area contributed by atoms with Crippen molar-refractivity contribution in [1.29, 1.82) is 0 Å². The van der Waals surface area contributed by atoms with Crippen LogP contribution in [0, 0.1) is 6.92 Å². The molecule has 25 heavy (non-hydrogen) atoms. The third kappa shape index (κ3) is 3.79. The Morgan fingerprint density at radius 1 is 1.28 bits per heavy atom. The maximum absolute atomic E-state index is 12.1. The van der Waals surface area contributed by atoms with Crippen LogP contribution in [0.5, 0.6) is 0 Å². The van der Waals surface area contributed by atoms with Gasteiger partial charge in [0.05, 0.1) is 17.8 Å². The number of carbonyl (C=O) groups is 1. The first-order valence-corrected chi connectivity index (χ1v) is 8.41. The molecule has 0 aliphatic carbocycles. The lowest BCUT2D eigenvalue weighted by atomic mass is 10.1. The standard InChI is InChI=1S/C19H23N5O/c1-13(17-12-22-24(3)14(17)2)23-19(25)21-11-9-16-7-4-6-15-8-5-10-20-18(15)16/h4-8,10,12-13H,9,11H2,1-3H3,(H2,21,23,25)/t13-/m1/s1. The molecule has 0 bridgehead atoms. The molecule has 0 unspecified atom stereocenters. The quantitative estimate of drug-likeness (QED) is 0.752. The number of rotatable bonds is 5. The summed E-state index contributed by atoms with van der Waals surface area (Å²) in [7, 11) is 1.89. The average molecular weight is 337 g/mol. The van der Waals surface area contributed by atoms with Crippen molar-refractivity contribution in [2.45, 2.75) is 26.3 Å². The Labute approximate surface area is 147 Å². The number of nitrogens with one attached hydrogen (secondary N) is 2. The molecule has 6 heteroatoms. The Hall–Kier alpha value is -2.89. The fourth-order valence-electron chi connectivity index (χ4n) is 2.95. The predicted molar refractivity (Wildman–Crippen MR) is 98.3 cm³/mol. The number of para-hydroxylation sites is 1. The number of urea groups is 1. The number of pyridine rings is 1. The van der Waals surface area contributed by atoms with Gasteiger partial charge in [0.25, 0.3) is 0 Å². The van der Waals surface area contributed by atoms with Crippen LogP contribution in [0.25, 0.3) is 10.9 Å². The van der Waals surface area contributed by atoms with E-state index in [-0.39, 0.29) is 12.1 Å². The molecule has 0 aliphatic heterocycles. The Morgan fingerprint density at radius 3 is 2.84 bits per heavy atom. The van der Waals surface area contributed by atoms with Gasteiger partial charge in [-0.2, -0.15) is 5.10 Å². The minimum absolute atomic E-state index is 0.0899. The van der Waals surface area contributed by atoms with Crippen LogP contribution in [-0.2, 0) is 13.5 Å². The van der Waals surface area contributed by atoms with Crippen LogP contribution in [0.3, 0.4) is 0 Å². The van der Waals surface area contributed by atoms with Gasteiger partial charge >= 0.3 is 6.03 Å². The van der Waals surface area contributed by atoms with Gasteiger partial charge in [0.1, 0.15) is 0 Å². The van der Waals surface area contributed by atoms with E-state index in [1.165, 1.54) is 0 Å². The maximum atomic E-state index is 12.1. The summed E-state index contributed by atoms with van der Waals surface area (Å²) in [6.45, 7) is 4.50. The normalized spacial score (nSPS) is 12.1. The SMILES string of the molecule is Cc1c([C@@H](C)NC(=O)NCCc2cccc3cccnc23)cnn1C. The summed E-state index contributed by atoms with van der Waals surface area (Å²) in [6.07, 6.45) is 4.33. The van der Waals surface area contributed by atoms with Gasteiger partial charge < -0.3 is 10.6 Å². The zero-order valence-corrected chi connectivity index (χ0v) is 14.8. The highest BCUT2D eigenvalue weighted by Gasteiger charge is 2.14. The van der Waals surface area contributed by atoms with Gasteiger partial charge in [-0.1, -0.05) is 24.3 Å². The molecular formula is C19H23N5O. The number of hydrogen-bond acceptors (Lipinski definition) is 3. The fraction of sp³-hybridized carbons (Fsp3) is 0.316. The van der Waals surface area contributed by atoms with Crippen LogP contribution in [-0.4, -0.2) is 27.3 Å². The predicted octanol–water partition coefficient (Wildman–Crippen LogP) is 2.88. The highest BCUT2D eigenvalue weighted by atomic mass is 16.2. The van der Waals surface area contributed by atoms with Crippen LogP contribution >= 0.6 is 0 Å². The number of nitrogens with zero attached hydrogens (tertiary/aromatic N) is 3. The molecule has 0 saturated carbocycles. The number of amides is 2. The Morgan fingerprint density at radius 2 is 2.08 bits per heavy atom. The van der Waals surface area contributed by atoms with Crippen molar-refractivity contribution in [3.63, 3.8) is 0 Å². The van der Waals surface area contributed by atoms with Crippen molar-refractivity contribution in [2.24, 2.45) is 7.05 Å². The van der Waals surface area contributed by atoms with Crippen molar-refractivity contribution < 1.29 is 4.79 Å². The van der Waals surface area contributed by atoms with Gasteiger partial charge in [0, 0.05) is 36.4 Å². The first kappa shape index (κ1) is 17.0. The summed E-state index contributed by atoms with van der Waals surface area (Å²) in [6, 6.07) is 9.83. The molecule has 1 atom stereocenters. The van der Waals surface area contributed by atoms with E-state index in [1.54, 1.807) is 17.1 Å². The molecule has 2 amide bonds. The minimum Gasteiger partial charge on any atom is -0.338 e. The van der Waals surface area contributed by atoms with Gasteiger partial charge in [-0.25, -0.2) is 4.79 Å². The van der Waals surface area contributed by atoms with E-state index in [9.17, 15) is 4.79 Å². The molecule has 2 N–H and O–H groups in total. The molecular weight excluding hydrogens is 314 g/mol. The molecule has 0 saturated heterocycles. The summed E-state index contributed by atoms with van der Waals surface area (Å²) in [4.78, 5) is 16.6. The second kappa shape index (κ2) is 7.34. The van der Waals surface area contributed by atoms with Crippen molar-refractivity contribution in [2.75, 3.05) is 6.54 Å². The van der Waals surface area contributed by atoms with Crippen molar-refractivity contribution >= 4 is 16.9 Å². The molecule has 0 aliphatic rings. The first-order valence-electron chi connectivity index (χ1n) is 8.41. The highest BCUT2D eigenvalue weighted by molar-refractivity contribution is 5.81. The molecule has 0 radical (unpaired) electrons. The number of aryl methyl sites for hydroxylation is 1. The van der Waals surface area contributed by atoms with Crippen molar-refractivity contribution in [1.82, 2.24) is 25.4 Å². The topological polar surface area (TPSA) is 71.8 Å². The van der Waals surface area contributed by atoms with Crippen molar-refractivity contribution in [3.8, 4) is 0 Å². The number of hydrogen-bond donors (Lipinski definition) is 2. The van der Waals surface area contributed by atoms with Crippen LogP contribution in [0.4, 0.5) is 4.79 Å². The lowest BCUT2D eigenvalue weighted by molar-refractivity contribution is 0.238. The number of fused-ring (bicyclic) bond motifs is 1. The Bertz CT molecular complexity index is 881. The average Bonchev–Trinajstić information content (AvgIpc) is 2.94. The lowest BCUT2D eigenvalue weighted by Crippen LogP contribution is -2.38. The van der Waals surface area contributed by atoms with Gasteiger partial charge in [0.2, 0.25) is 0 Å². The zero-order valence-electron chi connectivity index (χ0n) is 14.8. The van der Waals surface area contributed by atoms with Gasteiger partial charge in [-0.15, -0.1) is 0 Å². The molecule has 3 aromatic rings. The van der Waals surface area contributed by atoms with E-state index in [4.69, 9.17) is 0 Å². The Kier molecular flexibility index (Phi) is 4.97. The summed E-state index contributed by atoms with van der Waals surface area (Å²) < 4.78 is 1.80. The van der Waals surface area contributed by atoms with E-state index in [1.807, 2.05) is 45.2 Å². The second-order valence-electron chi connectivity index (χ2n) is 6.17. The Balaban J connectivity index is 1.55. The first-order chi connectivity index (χ1) is 12.1. The van der Waals surface area contributed by atoms with E-state index >= 15 is 0 Å². The molecule has 2 aromatic heterocycles. The maximum Gasteiger partial charge on any atom is 0.315 e. The third-order valence-corrected chi connectivity index (χ3v) is 4.48. The van der Waals surface area contributed by atoms with Gasteiger partial charge in [-0.3, -0.25) is 9.67 Å². The molecule has 2 heterocycles. The largest absolute Gasteiger partial charge is 0.338 e. The number of benzene rings is 1. The molecule has 1 aromatic carbocycles. The number of aromatic nitrogens is 3. The monoisotopic (exact) mass is 337 g/mol. The lowest BCUT2D eigenvalue weighted by Gasteiger charge is -2.14. The van der Waals surface area contributed by atoms with Crippen LogP contribution in [0.15, 0.2) is 42.7 Å². The van der Waals surface area contributed by atoms with Crippen LogP contribution < -0.4 is 10.6 Å². The zero-order chi connectivity index (χ0) is 17.8. The van der Waals surface area contributed by atoms with Gasteiger partial charge in [0.15, 0.2) is 0 Å². The van der Waals surface area contributed by atoms with E-state index in [0.29, 0.717) is 6.54 Å².